The molecule has 0 aromatic heterocycles. The molecule has 0 bridgehead atoms. The molecule has 1 saturated heterocycles. The van der Waals surface area contributed by atoms with Crippen LogP contribution in [0.15, 0.2) is 0 Å². The minimum atomic E-state index is 0.811. The standard InChI is InChI=1S/C16H34N2/c1-15(2)9-6-4-5-7-11-18-12-8-10-17-13-16(3)14-18/h15-17H,4-14H2,1-3H3. The summed E-state index contributed by atoms with van der Waals surface area (Å²) in [7, 11) is 0. The monoisotopic (exact) mass is 254 g/mol. The lowest BCUT2D eigenvalue weighted by molar-refractivity contribution is 0.212. The molecule has 0 aromatic carbocycles. The van der Waals surface area contributed by atoms with Crippen LogP contribution in [0.3, 0.4) is 0 Å². The fourth-order valence-electron chi connectivity index (χ4n) is 2.82. The summed E-state index contributed by atoms with van der Waals surface area (Å²) in [6, 6.07) is 0. The van der Waals surface area contributed by atoms with Gasteiger partial charge in [-0.2, -0.15) is 0 Å². The summed E-state index contributed by atoms with van der Waals surface area (Å²) in [5.74, 6) is 1.69. The van der Waals surface area contributed by atoms with Gasteiger partial charge in [-0.25, -0.2) is 0 Å². The predicted molar refractivity (Wildman–Crippen MR) is 81.0 cm³/mol. The fourth-order valence-corrected chi connectivity index (χ4v) is 2.82. The minimum Gasteiger partial charge on any atom is -0.316 e. The third-order valence-electron chi connectivity index (χ3n) is 3.90. The zero-order chi connectivity index (χ0) is 13.2. The van der Waals surface area contributed by atoms with Gasteiger partial charge in [0.05, 0.1) is 0 Å². The average molecular weight is 254 g/mol. The van der Waals surface area contributed by atoms with E-state index in [0.717, 1.165) is 11.8 Å². The molecule has 1 unspecified atom stereocenters. The third kappa shape index (κ3) is 8.10. The zero-order valence-corrected chi connectivity index (χ0v) is 12.9. The second-order valence-electron chi connectivity index (χ2n) is 6.56. The van der Waals surface area contributed by atoms with Gasteiger partial charge in [0.25, 0.3) is 0 Å². The average Bonchev–Trinajstić information content (AvgIpc) is 2.29. The molecule has 0 saturated carbocycles. The van der Waals surface area contributed by atoms with Crippen LogP contribution in [0.1, 0.15) is 59.3 Å². The lowest BCUT2D eigenvalue weighted by Gasteiger charge is -2.28. The van der Waals surface area contributed by atoms with E-state index in [1.165, 1.54) is 71.2 Å². The molecule has 2 heteroatoms. The Kier molecular flexibility index (Phi) is 8.70. The van der Waals surface area contributed by atoms with Crippen LogP contribution in [0, 0.1) is 11.8 Å². The van der Waals surface area contributed by atoms with Gasteiger partial charge < -0.3 is 10.2 Å². The predicted octanol–water partition coefficient (Wildman–Crippen LogP) is 3.52. The van der Waals surface area contributed by atoms with Crippen molar-refractivity contribution in [3.63, 3.8) is 0 Å². The Balaban J connectivity index is 2.02. The molecule has 108 valence electrons. The normalized spacial score (nSPS) is 23.0. The topological polar surface area (TPSA) is 15.3 Å². The second-order valence-corrected chi connectivity index (χ2v) is 6.56. The number of hydrogen-bond acceptors (Lipinski definition) is 2. The summed E-state index contributed by atoms with van der Waals surface area (Å²) >= 11 is 0. The SMILES string of the molecule is CC(C)CCCCCCN1CCCNCC(C)C1. The number of unbranched alkanes of at least 4 members (excludes halogenated alkanes) is 3. The molecular formula is C16H34N2. The summed E-state index contributed by atoms with van der Waals surface area (Å²) in [5, 5.41) is 3.53. The Labute approximate surface area is 115 Å². The van der Waals surface area contributed by atoms with Gasteiger partial charge >= 0.3 is 0 Å². The quantitative estimate of drug-likeness (QED) is 0.699. The highest BCUT2D eigenvalue weighted by Gasteiger charge is 2.12. The first-order chi connectivity index (χ1) is 8.68. The second kappa shape index (κ2) is 9.80. The molecule has 2 nitrogen and oxygen atoms in total. The lowest BCUT2D eigenvalue weighted by Crippen LogP contribution is -2.39. The van der Waals surface area contributed by atoms with Crippen LogP contribution in [-0.4, -0.2) is 37.6 Å². The number of nitrogens with one attached hydrogen (secondary N) is 1. The van der Waals surface area contributed by atoms with E-state index in [4.69, 9.17) is 0 Å². The summed E-state index contributed by atoms with van der Waals surface area (Å²) in [6.07, 6.45) is 8.42. The Morgan fingerprint density at radius 1 is 1.17 bits per heavy atom. The van der Waals surface area contributed by atoms with Crippen LogP contribution in [0.25, 0.3) is 0 Å². The van der Waals surface area contributed by atoms with E-state index in [1.807, 2.05) is 0 Å². The van der Waals surface area contributed by atoms with E-state index in [2.05, 4.69) is 31.0 Å². The number of rotatable bonds is 7. The molecule has 0 radical (unpaired) electrons. The highest BCUT2D eigenvalue weighted by atomic mass is 15.1. The van der Waals surface area contributed by atoms with E-state index < -0.39 is 0 Å². The fraction of sp³-hybridized carbons (Fsp3) is 1.00. The van der Waals surface area contributed by atoms with Crippen molar-refractivity contribution in [1.29, 1.82) is 0 Å². The first kappa shape index (κ1) is 16.0. The van der Waals surface area contributed by atoms with Crippen LogP contribution in [0.5, 0.6) is 0 Å². The maximum absolute atomic E-state index is 3.53. The van der Waals surface area contributed by atoms with Crippen molar-refractivity contribution in [2.45, 2.75) is 59.3 Å². The maximum atomic E-state index is 3.53. The van der Waals surface area contributed by atoms with Gasteiger partial charge in [0.2, 0.25) is 0 Å². The van der Waals surface area contributed by atoms with Crippen molar-refractivity contribution < 1.29 is 0 Å². The van der Waals surface area contributed by atoms with Crippen LogP contribution >= 0.6 is 0 Å². The highest BCUT2D eigenvalue weighted by molar-refractivity contribution is 4.69. The molecule has 0 aromatic rings. The van der Waals surface area contributed by atoms with Gasteiger partial charge in [-0.1, -0.05) is 46.5 Å². The molecule has 0 aliphatic carbocycles. The summed E-state index contributed by atoms with van der Waals surface area (Å²) in [4.78, 5) is 2.69. The molecule has 0 spiro atoms. The summed E-state index contributed by atoms with van der Waals surface area (Å²) in [5.41, 5.74) is 0. The van der Waals surface area contributed by atoms with E-state index in [0.29, 0.717) is 0 Å². The molecule has 1 atom stereocenters. The summed E-state index contributed by atoms with van der Waals surface area (Å²) < 4.78 is 0. The van der Waals surface area contributed by atoms with Crippen LogP contribution in [0.2, 0.25) is 0 Å². The van der Waals surface area contributed by atoms with Gasteiger partial charge in [-0.15, -0.1) is 0 Å². The smallest absolute Gasteiger partial charge is 0.00191 e. The van der Waals surface area contributed by atoms with Crippen molar-refractivity contribution in [2.75, 3.05) is 32.7 Å². The lowest BCUT2D eigenvalue weighted by atomic mass is 10.0. The van der Waals surface area contributed by atoms with Crippen molar-refractivity contribution in [3.05, 3.63) is 0 Å². The van der Waals surface area contributed by atoms with E-state index >= 15 is 0 Å². The van der Waals surface area contributed by atoms with E-state index in [-0.39, 0.29) is 0 Å². The zero-order valence-electron chi connectivity index (χ0n) is 12.9. The van der Waals surface area contributed by atoms with Crippen molar-refractivity contribution in [2.24, 2.45) is 11.8 Å². The van der Waals surface area contributed by atoms with Crippen LogP contribution in [0.4, 0.5) is 0 Å². The first-order valence-corrected chi connectivity index (χ1v) is 8.11. The number of nitrogens with zero attached hydrogens (tertiary/aromatic N) is 1. The van der Waals surface area contributed by atoms with Crippen LogP contribution < -0.4 is 5.32 Å². The molecule has 0 amide bonds. The third-order valence-corrected chi connectivity index (χ3v) is 3.90. The van der Waals surface area contributed by atoms with Crippen LogP contribution in [-0.2, 0) is 0 Å². The first-order valence-electron chi connectivity index (χ1n) is 8.11. The maximum Gasteiger partial charge on any atom is 0.00191 e. The molecule has 1 aliphatic heterocycles. The van der Waals surface area contributed by atoms with Crippen molar-refractivity contribution >= 4 is 0 Å². The Bertz CT molecular complexity index is 192. The molecule has 18 heavy (non-hydrogen) atoms. The van der Waals surface area contributed by atoms with Gasteiger partial charge in [0.15, 0.2) is 0 Å². The number of hydrogen-bond donors (Lipinski definition) is 1. The molecule has 1 rings (SSSR count). The van der Waals surface area contributed by atoms with Crippen molar-refractivity contribution in [1.82, 2.24) is 10.2 Å². The van der Waals surface area contributed by atoms with Gasteiger partial charge in [-0.3, -0.25) is 0 Å². The molecule has 1 heterocycles. The van der Waals surface area contributed by atoms with Gasteiger partial charge in [-0.05, 0) is 50.9 Å². The molecule has 1 aliphatic rings. The molecular weight excluding hydrogens is 220 g/mol. The highest BCUT2D eigenvalue weighted by Crippen LogP contribution is 2.11. The Hall–Kier alpha value is -0.0800. The van der Waals surface area contributed by atoms with Gasteiger partial charge in [0, 0.05) is 6.54 Å². The Morgan fingerprint density at radius 2 is 1.94 bits per heavy atom. The van der Waals surface area contributed by atoms with E-state index in [1.54, 1.807) is 0 Å². The minimum absolute atomic E-state index is 0.811. The summed E-state index contributed by atoms with van der Waals surface area (Å²) in [6.45, 7) is 13.3. The largest absolute Gasteiger partial charge is 0.316 e. The Morgan fingerprint density at radius 3 is 2.72 bits per heavy atom. The van der Waals surface area contributed by atoms with Crippen molar-refractivity contribution in [3.8, 4) is 0 Å². The molecule has 1 N–H and O–H groups in total. The molecule has 1 fully saturated rings. The van der Waals surface area contributed by atoms with Gasteiger partial charge in [0.1, 0.15) is 0 Å². The van der Waals surface area contributed by atoms with E-state index in [9.17, 15) is 0 Å².